The summed E-state index contributed by atoms with van der Waals surface area (Å²) >= 11 is 0. The monoisotopic (exact) mass is 377 g/mol. The molecule has 1 aromatic rings. The van der Waals surface area contributed by atoms with Crippen LogP contribution in [0.25, 0.3) is 0 Å². The Balaban J connectivity index is 2.70. The second kappa shape index (κ2) is 8.35. The number of ether oxygens (including phenoxy) is 1. The molecule has 26 heavy (non-hydrogen) atoms. The van der Waals surface area contributed by atoms with Crippen molar-refractivity contribution in [1.29, 1.82) is 0 Å². The molecule has 0 aliphatic heterocycles. The number of hydrogen-bond acceptors (Lipinski definition) is 5. The number of nitrogens with one attached hydrogen (secondary N) is 1. The molecule has 10 heteroatoms. The predicted octanol–water partition coefficient (Wildman–Crippen LogP) is 3.57. The summed E-state index contributed by atoms with van der Waals surface area (Å²) in [7, 11) is 1.58. The highest BCUT2D eigenvalue weighted by Crippen LogP contribution is 2.34. The Morgan fingerprint density at radius 3 is 2.42 bits per heavy atom. The summed E-state index contributed by atoms with van der Waals surface area (Å²) in [6.45, 7) is 5.51. The van der Waals surface area contributed by atoms with Gasteiger partial charge in [0.2, 0.25) is 0 Å². The van der Waals surface area contributed by atoms with Crippen molar-refractivity contribution in [2.45, 2.75) is 39.1 Å². The molecule has 0 unspecified atom stereocenters. The molecule has 0 aliphatic carbocycles. The third-order valence-electron chi connectivity index (χ3n) is 3.21. The average molecular weight is 377 g/mol. The second-order valence-corrected chi connectivity index (χ2v) is 6.76. The van der Waals surface area contributed by atoms with E-state index in [0.29, 0.717) is 6.07 Å². The number of benzene rings is 1. The van der Waals surface area contributed by atoms with Gasteiger partial charge in [-0.25, -0.2) is 4.79 Å². The number of nitrogens with zero attached hydrogens (tertiary/aromatic N) is 2. The maximum absolute atomic E-state index is 13.1. The van der Waals surface area contributed by atoms with Gasteiger partial charge in [0.15, 0.2) is 0 Å². The van der Waals surface area contributed by atoms with E-state index in [9.17, 15) is 28.1 Å². The Labute approximate surface area is 149 Å². The van der Waals surface area contributed by atoms with Gasteiger partial charge in [0.05, 0.1) is 10.5 Å². The molecule has 0 radical (unpaired) electrons. The summed E-state index contributed by atoms with van der Waals surface area (Å²) in [4.78, 5) is 22.9. The molecule has 0 atom stereocenters. The van der Waals surface area contributed by atoms with Crippen molar-refractivity contribution in [3.05, 3.63) is 39.4 Å². The van der Waals surface area contributed by atoms with E-state index in [2.05, 4.69) is 5.32 Å². The number of amides is 1. The predicted molar refractivity (Wildman–Crippen MR) is 88.7 cm³/mol. The van der Waals surface area contributed by atoms with Crippen molar-refractivity contribution in [3.8, 4) is 0 Å². The molecule has 0 bridgehead atoms. The Hall–Kier alpha value is -2.36. The van der Waals surface area contributed by atoms with Gasteiger partial charge in [-0.3, -0.25) is 10.1 Å². The second-order valence-electron chi connectivity index (χ2n) is 6.76. The summed E-state index contributed by atoms with van der Waals surface area (Å²) in [5.74, 6) is 0. The van der Waals surface area contributed by atoms with Crippen molar-refractivity contribution in [2.75, 3.05) is 20.1 Å². The van der Waals surface area contributed by atoms with E-state index in [4.69, 9.17) is 4.74 Å². The van der Waals surface area contributed by atoms with Crippen LogP contribution in [-0.2, 0) is 17.5 Å². The van der Waals surface area contributed by atoms with Crippen LogP contribution in [0.15, 0.2) is 18.2 Å². The fraction of sp³-hybridized carbons (Fsp3) is 0.562. The van der Waals surface area contributed by atoms with Crippen molar-refractivity contribution in [2.24, 2.45) is 0 Å². The summed E-state index contributed by atoms with van der Waals surface area (Å²) in [6.07, 6.45) is -5.31. The zero-order valence-electron chi connectivity index (χ0n) is 15.0. The quantitative estimate of drug-likeness (QED) is 0.605. The lowest BCUT2D eigenvalue weighted by molar-refractivity contribution is -0.385. The van der Waals surface area contributed by atoms with Gasteiger partial charge in [0.1, 0.15) is 5.60 Å². The van der Waals surface area contributed by atoms with Gasteiger partial charge in [0.25, 0.3) is 5.69 Å². The number of alkyl carbamates (subject to hydrolysis) is 1. The summed E-state index contributed by atoms with van der Waals surface area (Å²) in [5.41, 5.74) is -2.38. The van der Waals surface area contributed by atoms with Crippen LogP contribution in [0.2, 0.25) is 0 Å². The molecular formula is C16H22F3N3O4. The smallest absolute Gasteiger partial charge is 0.416 e. The van der Waals surface area contributed by atoms with Crippen LogP contribution in [0.5, 0.6) is 0 Å². The molecule has 1 amide bonds. The molecule has 1 rings (SSSR count). The number of non-ortho nitro benzene ring substituents is 1. The Kier molecular flexibility index (Phi) is 6.96. The van der Waals surface area contributed by atoms with E-state index in [0.717, 1.165) is 12.1 Å². The van der Waals surface area contributed by atoms with Crippen LogP contribution >= 0.6 is 0 Å². The molecule has 0 saturated heterocycles. The standard InChI is InChI=1S/C16H22F3N3O4/c1-15(2,3)26-14(23)20-7-8-21(4)10-11-5-6-12(22(24)25)9-13(11)16(17,18)19/h5-6,9H,7-8,10H2,1-4H3,(H,20,23). The molecule has 0 aromatic heterocycles. The topological polar surface area (TPSA) is 84.7 Å². The summed E-state index contributed by atoms with van der Waals surface area (Å²) in [5, 5.41) is 13.2. The first kappa shape index (κ1) is 21.7. The lowest BCUT2D eigenvalue weighted by atomic mass is 10.1. The number of carbonyl (C=O) groups excluding carboxylic acids is 1. The van der Waals surface area contributed by atoms with E-state index in [1.54, 1.807) is 32.7 Å². The molecule has 7 nitrogen and oxygen atoms in total. The average Bonchev–Trinajstić information content (AvgIpc) is 2.44. The number of nitro benzene ring substituents is 1. The van der Waals surface area contributed by atoms with Gasteiger partial charge in [-0.1, -0.05) is 6.07 Å². The largest absolute Gasteiger partial charge is 0.444 e. The number of rotatable bonds is 6. The Morgan fingerprint density at radius 1 is 1.31 bits per heavy atom. The van der Waals surface area contributed by atoms with Crippen molar-refractivity contribution in [1.82, 2.24) is 10.2 Å². The first-order valence-electron chi connectivity index (χ1n) is 7.79. The zero-order valence-corrected chi connectivity index (χ0v) is 15.0. The number of nitro groups is 1. The molecule has 0 aliphatic rings. The van der Waals surface area contributed by atoms with Crippen LogP contribution in [0.4, 0.5) is 23.7 Å². The fourth-order valence-electron chi connectivity index (χ4n) is 2.11. The van der Waals surface area contributed by atoms with Gasteiger partial charge in [-0.05, 0) is 33.4 Å². The Bertz CT molecular complexity index is 657. The van der Waals surface area contributed by atoms with Gasteiger partial charge in [0, 0.05) is 31.8 Å². The molecule has 0 spiro atoms. The highest BCUT2D eigenvalue weighted by atomic mass is 19.4. The van der Waals surface area contributed by atoms with E-state index in [1.165, 1.54) is 0 Å². The minimum absolute atomic E-state index is 0.0805. The number of alkyl halides is 3. The van der Waals surface area contributed by atoms with Crippen LogP contribution in [0.1, 0.15) is 31.9 Å². The molecule has 0 fully saturated rings. The molecule has 0 heterocycles. The number of halogens is 3. The van der Waals surface area contributed by atoms with E-state index in [-0.39, 0.29) is 25.2 Å². The molecule has 146 valence electrons. The maximum Gasteiger partial charge on any atom is 0.416 e. The lowest BCUT2D eigenvalue weighted by Gasteiger charge is -2.22. The van der Waals surface area contributed by atoms with Gasteiger partial charge < -0.3 is 15.0 Å². The van der Waals surface area contributed by atoms with Crippen LogP contribution < -0.4 is 5.32 Å². The van der Waals surface area contributed by atoms with Crippen LogP contribution in [-0.4, -0.2) is 41.7 Å². The van der Waals surface area contributed by atoms with Crippen LogP contribution in [0.3, 0.4) is 0 Å². The highest BCUT2D eigenvalue weighted by Gasteiger charge is 2.35. The third kappa shape index (κ3) is 7.26. The lowest BCUT2D eigenvalue weighted by Crippen LogP contribution is -2.37. The normalized spacial score (nSPS) is 12.2. The molecule has 1 N–H and O–H groups in total. The maximum atomic E-state index is 13.1. The van der Waals surface area contributed by atoms with Crippen LogP contribution in [0, 0.1) is 10.1 Å². The van der Waals surface area contributed by atoms with Crippen molar-refractivity contribution < 1.29 is 27.6 Å². The Morgan fingerprint density at radius 2 is 1.92 bits per heavy atom. The van der Waals surface area contributed by atoms with E-state index in [1.807, 2.05) is 0 Å². The first-order valence-corrected chi connectivity index (χ1v) is 7.79. The first-order chi connectivity index (χ1) is 11.8. The van der Waals surface area contributed by atoms with Gasteiger partial charge in [-0.2, -0.15) is 13.2 Å². The minimum Gasteiger partial charge on any atom is -0.444 e. The zero-order chi connectivity index (χ0) is 20.1. The SMILES string of the molecule is CN(CCNC(=O)OC(C)(C)C)Cc1ccc([N+](=O)[O-])cc1C(F)(F)F. The van der Waals surface area contributed by atoms with E-state index >= 15 is 0 Å². The molecular weight excluding hydrogens is 355 g/mol. The van der Waals surface area contributed by atoms with Gasteiger partial charge in [-0.15, -0.1) is 0 Å². The summed E-state index contributed by atoms with van der Waals surface area (Å²) < 4.78 is 44.5. The highest BCUT2D eigenvalue weighted by molar-refractivity contribution is 5.67. The number of hydrogen-bond donors (Lipinski definition) is 1. The number of carbonyl (C=O) groups is 1. The summed E-state index contributed by atoms with van der Waals surface area (Å²) in [6, 6.07) is 2.66. The molecule has 1 aromatic carbocycles. The van der Waals surface area contributed by atoms with E-state index < -0.39 is 34.0 Å². The fourth-order valence-corrected chi connectivity index (χ4v) is 2.11. The number of likely N-dealkylation sites (N-methyl/N-ethyl adjacent to an activating group) is 1. The van der Waals surface area contributed by atoms with Crippen molar-refractivity contribution in [3.63, 3.8) is 0 Å². The molecule has 0 saturated carbocycles. The minimum atomic E-state index is -4.70. The van der Waals surface area contributed by atoms with Gasteiger partial charge >= 0.3 is 12.3 Å². The van der Waals surface area contributed by atoms with Crippen molar-refractivity contribution >= 4 is 11.8 Å². The third-order valence-corrected chi connectivity index (χ3v) is 3.21.